The number of aromatic nitrogens is 4. The molecule has 156 valence electrons. The Morgan fingerprint density at radius 1 is 1.10 bits per heavy atom. The molecule has 9 nitrogen and oxygen atoms in total. The fourth-order valence-electron chi connectivity index (χ4n) is 3.58. The van der Waals surface area contributed by atoms with Crippen molar-refractivity contribution in [3.8, 4) is 11.3 Å². The Hall–Kier alpha value is -3.98. The Bertz CT molecular complexity index is 1230. The van der Waals surface area contributed by atoms with E-state index in [0.29, 0.717) is 22.9 Å². The highest BCUT2D eigenvalue weighted by Gasteiger charge is 2.14. The first-order chi connectivity index (χ1) is 15.2. The standard InChI is InChI=1S/C22H20N6O3/c29-21(30)16-3-1-2-15(14-16)19-20-25-22(26-28(20)9-8-23-19)24-17-4-6-18(7-5-17)27-10-12-31-13-11-27/h1-9,14H,10-13H2,(H,24,26)(H,29,30). The Morgan fingerprint density at radius 3 is 2.68 bits per heavy atom. The van der Waals surface area contributed by atoms with Crippen LogP contribution in [-0.2, 0) is 4.74 Å². The van der Waals surface area contributed by atoms with Crippen molar-refractivity contribution in [1.82, 2.24) is 19.6 Å². The summed E-state index contributed by atoms with van der Waals surface area (Å²) in [6.45, 7) is 3.27. The third-order valence-electron chi connectivity index (χ3n) is 5.14. The van der Waals surface area contributed by atoms with Crippen LogP contribution in [0.3, 0.4) is 0 Å². The smallest absolute Gasteiger partial charge is 0.335 e. The van der Waals surface area contributed by atoms with Crippen LogP contribution in [0.15, 0.2) is 60.9 Å². The summed E-state index contributed by atoms with van der Waals surface area (Å²) >= 11 is 0. The number of anilines is 3. The number of hydrogen-bond acceptors (Lipinski definition) is 7. The molecule has 9 heteroatoms. The molecule has 0 atom stereocenters. The van der Waals surface area contributed by atoms with Crippen LogP contribution in [0, 0.1) is 0 Å². The van der Waals surface area contributed by atoms with E-state index in [9.17, 15) is 9.90 Å². The van der Waals surface area contributed by atoms with Gasteiger partial charge < -0.3 is 20.1 Å². The summed E-state index contributed by atoms with van der Waals surface area (Å²) in [6, 6.07) is 14.7. The number of carbonyl (C=O) groups is 1. The van der Waals surface area contributed by atoms with Crippen LogP contribution in [0.4, 0.5) is 17.3 Å². The van der Waals surface area contributed by atoms with E-state index in [1.54, 1.807) is 41.2 Å². The molecule has 0 spiro atoms. The molecule has 2 N–H and O–H groups in total. The molecule has 1 fully saturated rings. The molecular formula is C22H20N6O3. The minimum Gasteiger partial charge on any atom is -0.478 e. The Labute approximate surface area is 177 Å². The van der Waals surface area contributed by atoms with Gasteiger partial charge >= 0.3 is 5.97 Å². The molecule has 5 rings (SSSR count). The van der Waals surface area contributed by atoms with Gasteiger partial charge in [-0.3, -0.25) is 4.98 Å². The van der Waals surface area contributed by atoms with Crippen molar-refractivity contribution in [3.05, 3.63) is 66.5 Å². The predicted molar refractivity (Wildman–Crippen MR) is 116 cm³/mol. The summed E-state index contributed by atoms with van der Waals surface area (Å²) in [5.41, 5.74) is 3.99. The van der Waals surface area contributed by atoms with Gasteiger partial charge in [-0.15, -0.1) is 5.10 Å². The number of rotatable bonds is 5. The van der Waals surface area contributed by atoms with Gasteiger partial charge in [0.15, 0.2) is 5.65 Å². The fraction of sp³-hybridized carbons (Fsp3) is 0.182. The maximum atomic E-state index is 11.3. The van der Waals surface area contributed by atoms with Crippen molar-refractivity contribution in [1.29, 1.82) is 0 Å². The summed E-state index contributed by atoms with van der Waals surface area (Å²) in [6.07, 6.45) is 3.32. The summed E-state index contributed by atoms with van der Waals surface area (Å²) in [5.74, 6) is -0.555. The highest BCUT2D eigenvalue weighted by molar-refractivity contribution is 5.90. The summed E-state index contributed by atoms with van der Waals surface area (Å²) in [5, 5.41) is 17.0. The quantitative estimate of drug-likeness (QED) is 0.511. The molecular weight excluding hydrogens is 396 g/mol. The third-order valence-corrected chi connectivity index (χ3v) is 5.14. The van der Waals surface area contributed by atoms with E-state index >= 15 is 0 Å². The Morgan fingerprint density at radius 2 is 1.90 bits per heavy atom. The zero-order valence-electron chi connectivity index (χ0n) is 16.6. The van der Waals surface area contributed by atoms with Gasteiger partial charge in [0.2, 0.25) is 5.95 Å². The Balaban J connectivity index is 1.41. The van der Waals surface area contributed by atoms with Crippen molar-refractivity contribution in [2.75, 3.05) is 36.5 Å². The lowest BCUT2D eigenvalue weighted by atomic mass is 10.1. The normalized spacial score (nSPS) is 14.0. The number of aromatic carboxylic acids is 1. The van der Waals surface area contributed by atoms with E-state index in [-0.39, 0.29) is 5.56 Å². The van der Waals surface area contributed by atoms with Crippen LogP contribution in [0.25, 0.3) is 16.9 Å². The lowest BCUT2D eigenvalue weighted by molar-refractivity contribution is 0.0697. The molecule has 31 heavy (non-hydrogen) atoms. The number of carboxylic acids is 1. The first-order valence-electron chi connectivity index (χ1n) is 9.92. The zero-order chi connectivity index (χ0) is 21.2. The van der Waals surface area contributed by atoms with Gasteiger partial charge in [0, 0.05) is 42.4 Å². The van der Waals surface area contributed by atoms with Crippen molar-refractivity contribution in [2.45, 2.75) is 0 Å². The number of nitrogens with one attached hydrogen (secondary N) is 1. The van der Waals surface area contributed by atoms with Gasteiger partial charge in [0.1, 0.15) is 5.69 Å². The minimum atomic E-state index is -0.988. The molecule has 2 aromatic carbocycles. The molecule has 1 aliphatic heterocycles. The van der Waals surface area contributed by atoms with E-state index in [4.69, 9.17) is 4.74 Å². The van der Waals surface area contributed by atoms with Gasteiger partial charge in [0.05, 0.1) is 18.8 Å². The summed E-state index contributed by atoms with van der Waals surface area (Å²) in [7, 11) is 0. The lowest BCUT2D eigenvalue weighted by Crippen LogP contribution is -2.36. The van der Waals surface area contributed by atoms with E-state index in [2.05, 4.69) is 37.4 Å². The maximum absolute atomic E-state index is 11.3. The van der Waals surface area contributed by atoms with Gasteiger partial charge in [-0.1, -0.05) is 12.1 Å². The van der Waals surface area contributed by atoms with Crippen LogP contribution in [0.5, 0.6) is 0 Å². The summed E-state index contributed by atoms with van der Waals surface area (Å²) in [4.78, 5) is 22.6. The Kier molecular flexibility index (Phi) is 4.93. The molecule has 1 aliphatic rings. The van der Waals surface area contributed by atoms with Crippen molar-refractivity contribution >= 4 is 28.9 Å². The largest absolute Gasteiger partial charge is 0.478 e. The van der Waals surface area contributed by atoms with Crippen molar-refractivity contribution < 1.29 is 14.6 Å². The van der Waals surface area contributed by atoms with Gasteiger partial charge in [-0.2, -0.15) is 4.98 Å². The average molecular weight is 416 g/mol. The van der Waals surface area contributed by atoms with E-state index < -0.39 is 5.97 Å². The zero-order valence-corrected chi connectivity index (χ0v) is 16.6. The number of fused-ring (bicyclic) bond motifs is 1. The van der Waals surface area contributed by atoms with Gasteiger partial charge in [0.25, 0.3) is 0 Å². The molecule has 0 unspecified atom stereocenters. The second kappa shape index (κ2) is 8.04. The molecule has 0 aliphatic carbocycles. The highest BCUT2D eigenvalue weighted by Crippen LogP contribution is 2.25. The van der Waals surface area contributed by atoms with E-state index in [1.165, 1.54) is 0 Å². The molecule has 0 amide bonds. The van der Waals surface area contributed by atoms with Gasteiger partial charge in [-0.25, -0.2) is 9.31 Å². The monoisotopic (exact) mass is 416 g/mol. The van der Waals surface area contributed by atoms with Crippen LogP contribution >= 0.6 is 0 Å². The first-order valence-corrected chi connectivity index (χ1v) is 9.92. The molecule has 4 aromatic rings. The number of carboxylic acid groups (broad SMARTS) is 1. The van der Waals surface area contributed by atoms with Crippen molar-refractivity contribution in [2.24, 2.45) is 0 Å². The number of benzene rings is 2. The van der Waals surface area contributed by atoms with Crippen molar-refractivity contribution in [3.63, 3.8) is 0 Å². The van der Waals surface area contributed by atoms with Crippen LogP contribution in [-0.4, -0.2) is 57.0 Å². The maximum Gasteiger partial charge on any atom is 0.335 e. The second-order valence-corrected chi connectivity index (χ2v) is 7.14. The number of ether oxygens (including phenoxy) is 1. The van der Waals surface area contributed by atoms with E-state index in [0.717, 1.165) is 37.7 Å². The van der Waals surface area contributed by atoms with E-state index in [1.807, 2.05) is 12.1 Å². The molecule has 2 aromatic heterocycles. The lowest BCUT2D eigenvalue weighted by Gasteiger charge is -2.28. The topological polar surface area (TPSA) is 105 Å². The molecule has 3 heterocycles. The van der Waals surface area contributed by atoms with Crippen LogP contribution < -0.4 is 10.2 Å². The van der Waals surface area contributed by atoms with Crippen LogP contribution in [0.1, 0.15) is 10.4 Å². The first kappa shape index (κ1) is 19.0. The van der Waals surface area contributed by atoms with Gasteiger partial charge in [-0.05, 0) is 36.4 Å². The highest BCUT2D eigenvalue weighted by atomic mass is 16.5. The predicted octanol–water partition coefficient (Wildman–Crippen LogP) is 3.07. The molecule has 0 radical (unpaired) electrons. The molecule has 1 saturated heterocycles. The van der Waals surface area contributed by atoms with Crippen LogP contribution in [0.2, 0.25) is 0 Å². The SMILES string of the molecule is O=C(O)c1cccc(-c2nccn3nc(Nc4ccc(N5CCOCC5)cc4)nc23)c1. The summed E-state index contributed by atoms with van der Waals surface area (Å²) < 4.78 is 7.03. The number of morpholine rings is 1. The average Bonchev–Trinajstić information content (AvgIpc) is 3.22. The number of nitrogens with zero attached hydrogens (tertiary/aromatic N) is 5. The molecule has 0 bridgehead atoms. The number of hydrogen-bond donors (Lipinski definition) is 2. The fourth-order valence-corrected chi connectivity index (χ4v) is 3.58. The third kappa shape index (κ3) is 3.90. The second-order valence-electron chi connectivity index (χ2n) is 7.14. The minimum absolute atomic E-state index is 0.194. The molecule has 0 saturated carbocycles.